The van der Waals surface area contributed by atoms with E-state index in [0.29, 0.717) is 0 Å². The van der Waals surface area contributed by atoms with Crippen LogP contribution < -0.4 is 0 Å². The van der Waals surface area contributed by atoms with Gasteiger partial charge in [0.1, 0.15) is 0 Å². The first-order valence-corrected chi connectivity index (χ1v) is 1.30. The predicted molar refractivity (Wildman–Crippen MR) is 44.0 cm³/mol. The second-order valence-electron chi connectivity index (χ2n) is 0.565. The molecule has 0 amide bonds. The van der Waals surface area contributed by atoms with Gasteiger partial charge in [-0.1, -0.05) is 0 Å². The molecular weight excluding hydrogens is 176 g/mol. The van der Waals surface area contributed by atoms with Crippen molar-refractivity contribution in [2.24, 2.45) is 0 Å². The molecule has 8 heteroatoms. The first-order valence-electron chi connectivity index (χ1n) is 1.30. The van der Waals surface area contributed by atoms with Gasteiger partial charge in [-0.2, -0.15) is 0 Å². The standard InChI is InChI=1S/2CH2O3.2H4Si/c2*2-1(3)4;;/h2*(H2,2,3,4);2*1H4. The predicted octanol–water partition coefficient (Wildman–Crippen LogP) is -2.46. The molecule has 4 N–H and O–H groups in total. The van der Waals surface area contributed by atoms with Crippen molar-refractivity contribution in [1.29, 1.82) is 0 Å². The van der Waals surface area contributed by atoms with Crippen LogP contribution >= 0.6 is 0 Å². The molecule has 0 unspecified atom stereocenters. The maximum Gasteiger partial charge on any atom is 0.503 e. The van der Waals surface area contributed by atoms with Gasteiger partial charge >= 0.3 is 12.3 Å². The van der Waals surface area contributed by atoms with Crippen LogP contribution in [0.15, 0.2) is 0 Å². The Morgan fingerprint density at radius 2 is 0.700 bits per heavy atom. The Morgan fingerprint density at radius 1 is 0.700 bits per heavy atom. The Bertz CT molecular complexity index is 71.7. The molecule has 0 saturated carbocycles. The van der Waals surface area contributed by atoms with Crippen molar-refractivity contribution in [2.45, 2.75) is 0 Å². The molecule has 64 valence electrons. The topological polar surface area (TPSA) is 115 Å². The molecule has 0 fully saturated rings. The molecule has 0 aromatic rings. The Hall–Kier alpha value is -1.03. The van der Waals surface area contributed by atoms with Gasteiger partial charge in [0, 0.05) is 0 Å². The van der Waals surface area contributed by atoms with E-state index in [1.807, 2.05) is 0 Å². The molecule has 0 rings (SSSR count). The van der Waals surface area contributed by atoms with Crippen LogP contribution in [0.1, 0.15) is 0 Å². The van der Waals surface area contributed by atoms with Gasteiger partial charge in [0.15, 0.2) is 0 Å². The monoisotopic (exact) mass is 188 g/mol. The normalized spacial score (nSPS) is 4.80. The van der Waals surface area contributed by atoms with Crippen LogP contribution in [-0.4, -0.2) is 54.7 Å². The Kier molecular flexibility index (Phi) is 36.2. The van der Waals surface area contributed by atoms with E-state index >= 15 is 0 Å². The van der Waals surface area contributed by atoms with E-state index in [4.69, 9.17) is 30.0 Å². The fourth-order valence-electron chi connectivity index (χ4n) is 0. The maximum atomic E-state index is 8.56. The van der Waals surface area contributed by atoms with Crippen LogP contribution in [0.5, 0.6) is 0 Å². The van der Waals surface area contributed by atoms with Crippen molar-refractivity contribution in [3.05, 3.63) is 0 Å². The van der Waals surface area contributed by atoms with Crippen molar-refractivity contribution in [1.82, 2.24) is 0 Å². The molecule has 0 saturated heterocycles. The number of rotatable bonds is 0. The average Bonchev–Trinajstić information content (AvgIpc) is 1.25. The second kappa shape index (κ2) is 15.7. The zero-order valence-electron chi connectivity index (χ0n) is 3.61. The summed E-state index contributed by atoms with van der Waals surface area (Å²) < 4.78 is 0. The number of hydrogen-bond donors (Lipinski definition) is 4. The quantitative estimate of drug-likeness (QED) is 0.313. The highest BCUT2D eigenvalue weighted by Crippen LogP contribution is 1.43. The minimum absolute atomic E-state index is 0. The molecule has 6 nitrogen and oxygen atoms in total. The molecule has 0 atom stereocenters. The summed E-state index contributed by atoms with van der Waals surface area (Å²) >= 11 is 0. The summed E-state index contributed by atoms with van der Waals surface area (Å²) in [6.07, 6.45) is -3.67. The van der Waals surface area contributed by atoms with E-state index in [1.165, 1.54) is 0 Å². The summed E-state index contributed by atoms with van der Waals surface area (Å²) in [4.78, 5) is 17.1. The van der Waals surface area contributed by atoms with Crippen LogP contribution in [0, 0.1) is 0 Å². The van der Waals surface area contributed by atoms with E-state index < -0.39 is 12.3 Å². The third kappa shape index (κ3) is 236. The van der Waals surface area contributed by atoms with Crippen LogP contribution in [0.25, 0.3) is 0 Å². The van der Waals surface area contributed by atoms with Gasteiger partial charge in [-0.25, -0.2) is 9.59 Å². The smallest absolute Gasteiger partial charge is 0.450 e. The molecule has 0 aliphatic heterocycles. The molecule has 0 spiro atoms. The van der Waals surface area contributed by atoms with Crippen LogP contribution in [0.3, 0.4) is 0 Å². The lowest BCUT2D eigenvalue weighted by Crippen LogP contribution is -1.81. The van der Waals surface area contributed by atoms with E-state index in [9.17, 15) is 0 Å². The SMILES string of the molecule is O=C(O)O.O=C(O)O.[SiH4].[SiH4]. The molecule has 10 heavy (non-hydrogen) atoms. The summed E-state index contributed by atoms with van der Waals surface area (Å²) in [5.41, 5.74) is 0. The largest absolute Gasteiger partial charge is 0.503 e. The Balaban J connectivity index is -0.0000000300. The van der Waals surface area contributed by atoms with Crippen LogP contribution in [0.2, 0.25) is 0 Å². The van der Waals surface area contributed by atoms with Crippen molar-refractivity contribution < 1.29 is 30.0 Å². The second-order valence-corrected chi connectivity index (χ2v) is 0.565. The zero-order valence-corrected chi connectivity index (χ0v) is 3.61. The molecule has 0 heterocycles. The number of hydrogen-bond acceptors (Lipinski definition) is 2. The van der Waals surface area contributed by atoms with E-state index in [0.717, 1.165) is 0 Å². The van der Waals surface area contributed by atoms with Crippen LogP contribution in [-0.2, 0) is 0 Å². The first kappa shape index (κ1) is 23.1. The Labute approximate surface area is 65.2 Å². The van der Waals surface area contributed by atoms with E-state index in [2.05, 4.69) is 0 Å². The third-order valence-electron chi connectivity index (χ3n) is 0. The van der Waals surface area contributed by atoms with Crippen LogP contribution in [0.4, 0.5) is 9.59 Å². The summed E-state index contributed by atoms with van der Waals surface area (Å²) in [6.45, 7) is 0. The van der Waals surface area contributed by atoms with Crippen molar-refractivity contribution in [3.8, 4) is 0 Å². The minimum atomic E-state index is -1.83. The van der Waals surface area contributed by atoms with Gasteiger partial charge in [0.25, 0.3) is 0 Å². The first-order chi connectivity index (χ1) is 3.46. The van der Waals surface area contributed by atoms with Crippen molar-refractivity contribution in [3.63, 3.8) is 0 Å². The average molecular weight is 188 g/mol. The highest BCUT2D eigenvalue weighted by atomic mass is 28.1. The number of carboxylic acid groups (broad SMARTS) is 4. The zero-order chi connectivity index (χ0) is 7.15. The summed E-state index contributed by atoms with van der Waals surface area (Å²) in [6, 6.07) is 0. The van der Waals surface area contributed by atoms with Gasteiger partial charge < -0.3 is 20.4 Å². The van der Waals surface area contributed by atoms with Crippen molar-refractivity contribution >= 4 is 34.2 Å². The lowest BCUT2D eigenvalue weighted by Gasteiger charge is -1.60. The number of carbonyl (C=O) groups is 2. The van der Waals surface area contributed by atoms with Gasteiger partial charge in [-0.05, 0) is 21.9 Å². The molecule has 0 radical (unpaired) electrons. The summed E-state index contributed by atoms with van der Waals surface area (Å²) in [7, 11) is 0. The fourth-order valence-corrected chi connectivity index (χ4v) is 0. The Morgan fingerprint density at radius 3 is 0.700 bits per heavy atom. The molecular formula is C2H12O6Si2. The fraction of sp³-hybridized carbons (Fsp3) is 0. The minimum Gasteiger partial charge on any atom is -0.450 e. The lowest BCUT2D eigenvalue weighted by molar-refractivity contribution is 0.135. The van der Waals surface area contributed by atoms with E-state index in [-0.39, 0.29) is 21.9 Å². The maximum absolute atomic E-state index is 8.56. The van der Waals surface area contributed by atoms with E-state index in [1.54, 1.807) is 0 Å². The third-order valence-corrected chi connectivity index (χ3v) is 0. The molecule has 0 aromatic carbocycles. The van der Waals surface area contributed by atoms with Gasteiger partial charge in [0.2, 0.25) is 0 Å². The van der Waals surface area contributed by atoms with Crippen molar-refractivity contribution in [2.75, 3.05) is 0 Å². The molecule has 0 aromatic heterocycles. The van der Waals surface area contributed by atoms with Gasteiger partial charge in [0.05, 0.1) is 0 Å². The lowest BCUT2D eigenvalue weighted by atomic mass is 11.5. The molecule has 0 aliphatic rings. The molecule has 0 bridgehead atoms. The summed E-state index contributed by atoms with van der Waals surface area (Å²) in [5, 5.41) is 27.9. The van der Waals surface area contributed by atoms with Gasteiger partial charge in [-0.15, -0.1) is 0 Å². The highest BCUT2D eigenvalue weighted by Gasteiger charge is 1.70. The molecule has 0 aliphatic carbocycles. The van der Waals surface area contributed by atoms with Gasteiger partial charge in [-0.3, -0.25) is 0 Å². The highest BCUT2D eigenvalue weighted by molar-refractivity contribution is 5.76. The summed E-state index contributed by atoms with van der Waals surface area (Å²) in [5.74, 6) is 0.